The maximum Gasteiger partial charge on any atom is 0.367 e. The molecule has 1 aromatic heterocycles. The van der Waals surface area contributed by atoms with Crippen LogP contribution in [0.4, 0.5) is 0 Å². The molecule has 0 fully saturated rings. The van der Waals surface area contributed by atoms with Gasteiger partial charge in [0, 0.05) is 10.9 Å². The van der Waals surface area contributed by atoms with E-state index in [1.165, 1.54) is 11.3 Å². The second-order valence-electron chi connectivity index (χ2n) is 5.33. The molecule has 0 aliphatic rings. The standard InChI is InChI=1S/C17H19NO4S/c1-4-21-17(20)16-18-14(10-23-16)12-5-6-15(13(7-12)8-19)22-9-11(2)3/h5-8,10-11H,4,9H2,1-3H3. The molecular formula is C17H19NO4S. The van der Waals surface area contributed by atoms with Crippen LogP contribution in [0.25, 0.3) is 11.3 Å². The number of aldehydes is 1. The van der Waals surface area contributed by atoms with Gasteiger partial charge in [0.05, 0.1) is 24.5 Å². The summed E-state index contributed by atoms with van der Waals surface area (Å²) in [6.45, 7) is 6.69. The van der Waals surface area contributed by atoms with Gasteiger partial charge in [-0.25, -0.2) is 9.78 Å². The van der Waals surface area contributed by atoms with Crippen molar-refractivity contribution in [1.82, 2.24) is 4.98 Å². The quantitative estimate of drug-likeness (QED) is 0.569. The van der Waals surface area contributed by atoms with Crippen LogP contribution in [0.15, 0.2) is 23.6 Å². The molecule has 0 bridgehead atoms. The number of nitrogens with zero attached hydrogens (tertiary/aromatic N) is 1. The molecule has 2 aromatic rings. The van der Waals surface area contributed by atoms with Crippen LogP contribution in [0, 0.1) is 5.92 Å². The van der Waals surface area contributed by atoms with Crippen molar-refractivity contribution in [3.05, 3.63) is 34.2 Å². The largest absolute Gasteiger partial charge is 0.493 e. The van der Waals surface area contributed by atoms with E-state index in [4.69, 9.17) is 9.47 Å². The van der Waals surface area contributed by atoms with Crippen molar-refractivity contribution in [3.63, 3.8) is 0 Å². The molecule has 0 N–H and O–H groups in total. The lowest BCUT2D eigenvalue weighted by Crippen LogP contribution is -2.06. The molecule has 0 aliphatic carbocycles. The molecule has 0 spiro atoms. The number of hydrogen-bond acceptors (Lipinski definition) is 6. The van der Waals surface area contributed by atoms with Gasteiger partial charge in [-0.3, -0.25) is 4.79 Å². The van der Waals surface area contributed by atoms with Gasteiger partial charge >= 0.3 is 5.97 Å². The van der Waals surface area contributed by atoms with Gasteiger partial charge in [0.15, 0.2) is 6.29 Å². The Labute approximate surface area is 139 Å². The summed E-state index contributed by atoms with van der Waals surface area (Å²) in [5.41, 5.74) is 1.86. The molecule has 122 valence electrons. The third-order valence-electron chi connectivity index (χ3n) is 2.96. The molecule has 0 atom stereocenters. The molecule has 5 nitrogen and oxygen atoms in total. The normalized spacial score (nSPS) is 10.6. The maximum atomic E-state index is 11.7. The van der Waals surface area contributed by atoms with Crippen molar-refractivity contribution in [2.75, 3.05) is 13.2 Å². The number of carbonyl (C=O) groups is 2. The Hall–Kier alpha value is -2.21. The molecule has 23 heavy (non-hydrogen) atoms. The molecule has 0 amide bonds. The first-order valence-electron chi connectivity index (χ1n) is 7.40. The molecule has 0 saturated heterocycles. The average Bonchev–Trinajstić information content (AvgIpc) is 3.03. The predicted octanol–water partition coefficient (Wildman–Crippen LogP) is 3.83. The molecule has 0 radical (unpaired) electrons. The van der Waals surface area contributed by atoms with E-state index in [-0.39, 0.29) is 0 Å². The maximum absolute atomic E-state index is 11.7. The first-order chi connectivity index (χ1) is 11.0. The van der Waals surface area contributed by atoms with E-state index in [2.05, 4.69) is 4.98 Å². The summed E-state index contributed by atoms with van der Waals surface area (Å²) in [6.07, 6.45) is 0.762. The van der Waals surface area contributed by atoms with Crippen LogP contribution in [0.2, 0.25) is 0 Å². The Morgan fingerprint density at radius 2 is 2.17 bits per heavy atom. The highest BCUT2D eigenvalue weighted by atomic mass is 32.1. The van der Waals surface area contributed by atoms with Gasteiger partial charge in [-0.1, -0.05) is 13.8 Å². The van der Waals surface area contributed by atoms with Gasteiger partial charge in [-0.05, 0) is 31.0 Å². The Bertz CT molecular complexity index is 694. The van der Waals surface area contributed by atoms with E-state index in [9.17, 15) is 9.59 Å². The monoisotopic (exact) mass is 333 g/mol. The minimum atomic E-state index is -0.434. The lowest BCUT2D eigenvalue weighted by molar-refractivity contribution is 0.0526. The lowest BCUT2D eigenvalue weighted by atomic mass is 10.1. The summed E-state index contributed by atoms with van der Waals surface area (Å²) in [6, 6.07) is 5.30. The van der Waals surface area contributed by atoms with E-state index in [0.29, 0.717) is 41.1 Å². The Morgan fingerprint density at radius 3 is 2.83 bits per heavy atom. The smallest absolute Gasteiger partial charge is 0.367 e. The van der Waals surface area contributed by atoms with Gasteiger partial charge in [0.25, 0.3) is 0 Å². The van der Waals surface area contributed by atoms with Crippen molar-refractivity contribution >= 4 is 23.6 Å². The second-order valence-corrected chi connectivity index (χ2v) is 6.19. The summed E-state index contributed by atoms with van der Waals surface area (Å²) < 4.78 is 10.6. The number of aromatic nitrogens is 1. The van der Waals surface area contributed by atoms with Gasteiger partial charge in [0.1, 0.15) is 5.75 Å². The summed E-state index contributed by atoms with van der Waals surface area (Å²) >= 11 is 1.22. The van der Waals surface area contributed by atoms with Crippen LogP contribution in [-0.2, 0) is 4.74 Å². The number of thiazole rings is 1. The van der Waals surface area contributed by atoms with Crippen LogP contribution in [0.3, 0.4) is 0 Å². The van der Waals surface area contributed by atoms with E-state index >= 15 is 0 Å². The first kappa shape index (κ1) is 17.1. The van der Waals surface area contributed by atoms with Gasteiger partial charge < -0.3 is 9.47 Å². The van der Waals surface area contributed by atoms with E-state index in [1.54, 1.807) is 24.4 Å². The van der Waals surface area contributed by atoms with Crippen molar-refractivity contribution in [2.45, 2.75) is 20.8 Å². The summed E-state index contributed by atoms with van der Waals surface area (Å²) in [4.78, 5) is 27.2. The predicted molar refractivity (Wildman–Crippen MR) is 89.2 cm³/mol. The molecule has 1 aromatic carbocycles. The Morgan fingerprint density at radius 1 is 1.39 bits per heavy atom. The zero-order valence-electron chi connectivity index (χ0n) is 13.4. The zero-order chi connectivity index (χ0) is 16.8. The fourth-order valence-electron chi connectivity index (χ4n) is 1.88. The third kappa shape index (κ3) is 4.39. The Balaban J connectivity index is 2.23. The van der Waals surface area contributed by atoms with Gasteiger partial charge in [0.2, 0.25) is 5.01 Å². The van der Waals surface area contributed by atoms with E-state index in [1.807, 2.05) is 19.9 Å². The first-order valence-corrected chi connectivity index (χ1v) is 8.28. The van der Waals surface area contributed by atoms with Crippen molar-refractivity contribution in [2.24, 2.45) is 5.92 Å². The van der Waals surface area contributed by atoms with Crippen LogP contribution < -0.4 is 4.74 Å². The number of hydrogen-bond donors (Lipinski definition) is 0. The highest BCUT2D eigenvalue weighted by molar-refractivity contribution is 7.11. The number of benzene rings is 1. The van der Waals surface area contributed by atoms with Crippen LogP contribution in [-0.4, -0.2) is 30.5 Å². The number of carbonyl (C=O) groups excluding carboxylic acids is 2. The molecule has 6 heteroatoms. The highest BCUT2D eigenvalue weighted by Gasteiger charge is 2.14. The highest BCUT2D eigenvalue weighted by Crippen LogP contribution is 2.27. The van der Waals surface area contributed by atoms with Crippen LogP contribution in [0.1, 0.15) is 40.9 Å². The van der Waals surface area contributed by atoms with Crippen molar-refractivity contribution in [3.8, 4) is 17.0 Å². The van der Waals surface area contributed by atoms with Gasteiger partial charge in [-0.2, -0.15) is 0 Å². The SMILES string of the molecule is CCOC(=O)c1nc(-c2ccc(OCC(C)C)c(C=O)c2)cs1. The van der Waals surface area contributed by atoms with E-state index in [0.717, 1.165) is 11.8 Å². The van der Waals surface area contributed by atoms with Gasteiger partial charge in [-0.15, -0.1) is 11.3 Å². The fraction of sp³-hybridized carbons (Fsp3) is 0.353. The third-order valence-corrected chi connectivity index (χ3v) is 3.78. The van der Waals surface area contributed by atoms with Crippen molar-refractivity contribution < 1.29 is 19.1 Å². The van der Waals surface area contributed by atoms with Crippen molar-refractivity contribution in [1.29, 1.82) is 0 Å². The van der Waals surface area contributed by atoms with Crippen LogP contribution in [0.5, 0.6) is 5.75 Å². The molecule has 0 aliphatic heterocycles. The average molecular weight is 333 g/mol. The molecule has 2 rings (SSSR count). The fourth-order valence-corrected chi connectivity index (χ4v) is 2.60. The summed E-state index contributed by atoms with van der Waals surface area (Å²) in [5, 5.41) is 2.07. The number of esters is 1. The molecule has 1 heterocycles. The lowest BCUT2D eigenvalue weighted by Gasteiger charge is -2.11. The summed E-state index contributed by atoms with van der Waals surface area (Å²) in [5.74, 6) is 0.495. The molecule has 0 unspecified atom stereocenters. The second kappa shape index (κ2) is 7.87. The molecular weight excluding hydrogens is 314 g/mol. The Kier molecular flexibility index (Phi) is 5.87. The topological polar surface area (TPSA) is 65.5 Å². The minimum Gasteiger partial charge on any atom is -0.493 e. The minimum absolute atomic E-state index is 0.301. The zero-order valence-corrected chi connectivity index (χ0v) is 14.2. The van der Waals surface area contributed by atoms with E-state index < -0.39 is 5.97 Å². The number of ether oxygens (including phenoxy) is 2. The summed E-state index contributed by atoms with van der Waals surface area (Å²) in [7, 11) is 0. The van der Waals surface area contributed by atoms with Crippen LogP contribution >= 0.6 is 11.3 Å². The molecule has 0 saturated carbocycles. The number of rotatable bonds is 7.